The molecule has 0 spiro atoms. The first-order chi connectivity index (χ1) is 11.7. The Bertz CT molecular complexity index is 697. The molecule has 0 aliphatic carbocycles. The number of benzene rings is 2. The lowest BCUT2D eigenvalue weighted by molar-refractivity contribution is -0.127. The number of nitrogens with one attached hydrogen (secondary N) is 1. The number of ether oxygens (including phenoxy) is 1. The largest absolute Gasteiger partial charge is 0.477 e. The maximum atomic E-state index is 12.3. The minimum absolute atomic E-state index is 0.0414. The molecule has 1 amide bonds. The van der Waals surface area contributed by atoms with Gasteiger partial charge in [0.1, 0.15) is 5.75 Å². The molecule has 2 aromatic carbocycles. The summed E-state index contributed by atoms with van der Waals surface area (Å²) in [7, 11) is 0. The van der Waals surface area contributed by atoms with Gasteiger partial charge in [-0.1, -0.05) is 48.9 Å². The molecule has 0 saturated carbocycles. The molecule has 2 aromatic rings. The number of carbonyl (C=O) groups is 1. The molecule has 0 radical (unpaired) electrons. The van der Waals surface area contributed by atoms with Crippen molar-refractivity contribution in [3.8, 4) is 5.75 Å². The van der Waals surface area contributed by atoms with E-state index in [4.69, 9.17) is 4.74 Å². The SMILES string of the molecule is CCCNC(=O)[C@@H]1CN(Cc2ccc(C)cc2)c2ccccc2O1. The molecule has 4 heteroatoms. The van der Waals surface area contributed by atoms with Crippen LogP contribution >= 0.6 is 0 Å². The van der Waals surface area contributed by atoms with Crippen LogP contribution in [0.15, 0.2) is 48.5 Å². The number of fused-ring (bicyclic) bond motifs is 1. The minimum atomic E-state index is -0.475. The number of amides is 1. The maximum absolute atomic E-state index is 12.3. The molecule has 1 atom stereocenters. The van der Waals surface area contributed by atoms with E-state index in [0.717, 1.165) is 24.4 Å². The fourth-order valence-electron chi connectivity index (χ4n) is 2.87. The highest BCUT2D eigenvalue weighted by molar-refractivity contribution is 5.83. The van der Waals surface area contributed by atoms with Gasteiger partial charge in [-0.15, -0.1) is 0 Å². The predicted octanol–water partition coefficient (Wildman–Crippen LogP) is 3.29. The summed E-state index contributed by atoms with van der Waals surface area (Å²) in [6.45, 7) is 6.12. The summed E-state index contributed by atoms with van der Waals surface area (Å²) in [5.74, 6) is 0.729. The first kappa shape index (κ1) is 16.4. The summed E-state index contributed by atoms with van der Waals surface area (Å²) >= 11 is 0. The van der Waals surface area contributed by atoms with E-state index in [1.165, 1.54) is 11.1 Å². The average Bonchev–Trinajstić information content (AvgIpc) is 2.61. The predicted molar refractivity (Wildman–Crippen MR) is 96.4 cm³/mol. The van der Waals surface area contributed by atoms with E-state index in [0.29, 0.717) is 13.1 Å². The summed E-state index contributed by atoms with van der Waals surface area (Å²) in [6, 6.07) is 16.4. The third kappa shape index (κ3) is 3.70. The Kier molecular flexibility index (Phi) is 5.04. The van der Waals surface area contributed by atoms with Gasteiger partial charge in [0.15, 0.2) is 6.10 Å². The van der Waals surface area contributed by atoms with Crippen molar-refractivity contribution in [2.24, 2.45) is 0 Å². The zero-order valence-corrected chi connectivity index (χ0v) is 14.3. The second-order valence-corrected chi connectivity index (χ2v) is 6.23. The highest BCUT2D eigenvalue weighted by Gasteiger charge is 2.30. The molecule has 0 fully saturated rings. The molecular formula is C20H24N2O2. The highest BCUT2D eigenvalue weighted by atomic mass is 16.5. The van der Waals surface area contributed by atoms with Gasteiger partial charge in [0.2, 0.25) is 0 Å². The Morgan fingerprint density at radius 1 is 1.21 bits per heavy atom. The summed E-state index contributed by atoms with van der Waals surface area (Å²) in [6.07, 6.45) is 0.444. The molecular weight excluding hydrogens is 300 g/mol. The first-order valence-electron chi connectivity index (χ1n) is 8.51. The van der Waals surface area contributed by atoms with Crippen molar-refractivity contribution in [2.45, 2.75) is 32.9 Å². The number of nitrogens with zero attached hydrogens (tertiary/aromatic N) is 1. The first-order valence-corrected chi connectivity index (χ1v) is 8.51. The standard InChI is InChI=1S/C20H24N2O2/c1-3-12-21-20(23)19-14-22(13-16-10-8-15(2)9-11-16)17-6-4-5-7-18(17)24-19/h4-11,19H,3,12-14H2,1-2H3,(H,21,23)/t19-/m0/s1. The Morgan fingerprint density at radius 3 is 2.71 bits per heavy atom. The minimum Gasteiger partial charge on any atom is -0.477 e. The Balaban J connectivity index is 1.81. The lowest BCUT2D eigenvalue weighted by Crippen LogP contribution is -2.48. The number of carbonyl (C=O) groups excluding carboxylic acids is 1. The lowest BCUT2D eigenvalue weighted by Gasteiger charge is -2.35. The second-order valence-electron chi connectivity index (χ2n) is 6.23. The van der Waals surface area contributed by atoms with Crippen LogP contribution in [0.25, 0.3) is 0 Å². The number of rotatable bonds is 5. The fourth-order valence-corrected chi connectivity index (χ4v) is 2.87. The Morgan fingerprint density at radius 2 is 1.96 bits per heavy atom. The van der Waals surface area contributed by atoms with Crippen molar-refractivity contribution in [1.82, 2.24) is 5.32 Å². The molecule has 1 N–H and O–H groups in total. The molecule has 0 aromatic heterocycles. The quantitative estimate of drug-likeness (QED) is 0.917. The van der Waals surface area contributed by atoms with Crippen LogP contribution in [0, 0.1) is 6.92 Å². The van der Waals surface area contributed by atoms with Gasteiger partial charge in [-0.2, -0.15) is 0 Å². The fraction of sp³-hybridized carbons (Fsp3) is 0.350. The van der Waals surface area contributed by atoms with Gasteiger partial charge < -0.3 is 15.0 Å². The summed E-state index contributed by atoms with van der Waals surface area (Å²) in [4.78, 5) is 14.6. The molecule has 4 nitrogen and oxygen atoms in total. The van der Waals surface area contributed by atoms with Crippen LogP contribution < -0.4 is 15.0 Å². The molecule has 0 saturated heterocycles. The Hall–Kier alpha value is -2.49. The third-order valence-electron chi connectivity index (χ3n) is 4.20. The lowest BCUT2D eigenvalue weighted by atomic mass is 10.1. The molecule has 24 heavy (non-hydrogen) atoms. The average molecular weight is 324 g/mol. The molecule has 1 aliphatic heterocycles. The molecule has 3 rings (SSSR count). The third-order valence-corrected chi connectivity index (χ3v) is 4.20. The normalized spacial score (nSPS) is 16.2. The molecule has 0 unspecified atom stereocenters. The van der Waals surface area contributed by atoms with Gasteiger partial charge in [-0.3, -0.25) is 4.79 Å². The van der Waals surface area contributed by atoms with Crippen LogP contribution in [-0.4, -0.2) is 25.1 Å². The molecule has 1 aliphatic rings. The van der Waals surface area contributed by atoms with Gasteiger partial charge >= 0.3 is 0 Å². The smallest absolute Gasteiger partial charge is 0.262 e. The number of anilines is 1. The van der Waals surface area contributed by atoms with E-state index in [1.54, 1.807) is 0 Å². The summed E-state index contributed by atoms with van der Waals surface area (Å²) in [5, 5.41) is 2.93. The van der Waals surface area contributed by atoms with Crippen molar-refractivity contribution >= 4 is 11.6 Å². The number of hydrogen-bond acceptors (Lipinski definition) is 3. The highest BCUT2D eigenvalue weighted by Crippen LogP contribution is 2.34. The summed E-state index contributed by atoms with van der Waals surface area (Å²) < 4.78 is 5.92. The zero-order chi connectivity index (χ0) is 16.9. The van der Waals surface area contributed by atoms with Crippen LogP contribution in [-0.2, 0) is 11.3 Å². The second kappa shape index (κ2) is 7.39. The van der Waals surface area contributed by atoms with Crippen LogP contribution in [0.3, 0.4) is 0 Å². The van der Waals surface area contributed by atoms with Crippen molar-refractivity contribution in [2.75, 3.05) is 18.0 Å². The number of para-hydroxylation sites is 2. The maximum Gasteiger partial charge on any atom is 0.262 e. The molecule has 1 heterocycles. The van der Waals surface area contributed by atoms with Crippen LogP contribution in [0.5, 0.6) is 5.75 Å². The van der Waals surface area contributed by atoms with E-state index < -0.39 is 6.10 Å². The monoisotopic (exact) mass is 324 g/mol. The van der Waals surface area contributed by atoms with E-state index in [9.17, 15) is 4.79 Å². The zero-order valence-electron chi connectivity index (χ0n) is 14.3. The van der Waals surface area contributed by atoms with E-state index in [2.05, 4.69) is 41.4 Å². The van der Waals surface area contributed by atoms with E-state index in [-0.39, 0.29) is 5.91 Å². The van der Waals surface area contributed by atoms with Gasteiger partial charge in [0, 0.05) is 13.1 Å². The van der Waals surface area contributed by atoms with Gasteiger partial charge in [-0.05, 0) is 31.0 Å². The van der Waals surface area contributed by atoms with Crippen molar-refractivity contribution in [3.05, 3.63) is 59.7 Å². The van der Waals surface area contributed by atoms with Crippen LogP contribution in [0.1, 0.15) is 24.5 Å². The topological polar surface area (TPSA) is 41.6 Å². The van der Waals surface area contributed by atoms with Gasteiger partial charge in [-0.25, -0.2) is 0 Å². The van der Waals surface area contributed by atoms with Crippen molar-refractivity contribution in [1.29, 1.82) is 0 Å². The van der Waals surface area contributed by atoms with Crippen LogP contribution in [0.4, 0.5) is 5.69 Å². The van der Waals surface area contributed by atoms with Crippen LogP contribution in [0.2, 0.25) is 0 Å². The van der Waals surface area contributed by atoms with Crippen molar-refractivity contribution < 1.29 is 9.53 Å². The van der Waals surface area contributed by atoms with Crippen molar-refractivity contribution in [3.63, 3.8) is 0 Å². The number of hydrogen-bond donors (Lipinski definition) is 1. The van der Waals surface area contributed by atoms with Gasteiger partial charge in [0.25, 0.3) is 5.91 Å². The summed E-state index contributed by atoms with van der Waals surface area (Å²) in [5.41, 5.74) is 3.51. The van der Waals surface area contributed by atoms with E-state index in [1.807, 2.05) is 31.2 Å². The molecule has 0 bridgehead atoms. The van der Waals surface area contributed by atoms with E-state index >= 15 is 0 Å². The Labute approximate surface area is 143 Å². The number of aryl methyl sites for hydroxylation is 1. The van der Waals surface area contributed by atoms with Gasteiger partial charge in [0.05, 0.1) is 12.2 Å². The molecule has 126 valence electrons.